The maximum atomic E-state index is 12.6. The summed E-state index contributed by atoms with van der Waals surface area (Å²) < 4.78 is 40.6. The number of nitrogens with one attached hydrogen (secondary N) is 2. The number of rotatable bonds is 2. The lowest BCUT2D eigenvalue weighted by Gasteiger charge is -2.22. The average molecular weight is 289 g/mol. The lowest BCUT2D eigenvalue weighted by Crippen LogP contribution is -2.30. The number of nitrogens with zero attached hydrogens (tertiary/aromatic N) is 1. The number of fused-ring (bicyclic) bond motifs is 1. The Morgan fingerprint density at radius 2 is 2.11 bits per heavy atom. The molecule has 0 radical (unpaired) electrons. The lowest BCUT2D eigenvalue weighted by molar-refractivity contribution is -0.137. The van der Waals surface area contributed by atoms with Gasteiger partial charge < -0.3 is 5.32 Å². The Hall–Kier alpha value is -1.37. The Morgan fingerprint density at radius 1 is 1.37 bits per heavy atom. The standard InChI is InChI=1S/C12H14F3N3S/c1-3-7(2)16-11-17-9-5-4-8(12(13,14)15)6-10(9)19-18-11/h4-7H,3H2,1-2H3,(H2,16,17,18). The molecule has 0 spiro atoms. The van der Waals surface area contributed by atoms with Crippen LogP contribution in [0.4, 0.5) is 18.9 Å². The molecule has 1 aromatic carbocycles. The fraction of sp³-hybridized carbons (Fsp3) is 0.417. The number of hydrogen-bond donors (Lipinski definition) is 2. The van der Waals surface area contributed by atoms with E-state index in [0.717, 1.165) is 30.5 Å². The van der Waals surface area contributed by atoms with Crippen LogP contribution in [0.2, 0.25) is 0 Å². The number of benzene rings is 1. The minimum Gasteiger partial charge on any atom is -0.325 e. The number of halogens is 3. The Labute approximate surface area is 113 Å². The van der Waals surface area contributed by atoms with Crippen LogP contribution in [-0.4, -0.2) is 12.0 Å². The van der Waals surface area contributed by atoms with Gasteiger partial charge in [-0.3, -0.25) is 4.72 Å². The van der Waals surface area contributed by atoms with Gasteiger partial charge in [0.2, 0.25) is 5.96 Å². The normalized spacial score (nSPS) is 18.5. The highest BCUT2D eigenvalue weighted by Crippen LogP contribution is 2.36. The molecular formula is C12H14F3N3S. The molecule has 19 heavy (non-hydrogen) atoms. The van der Waals surface area contributed by atoms with Gasteiger partial charge in [0.1, 0.15) is 0 Å². The molecule has 0 aromatic heterocycles. The number of aliphatic imine (C=N–C) groups is 1. The third-order valence-corrected chi connectivity index (χ3v) is 3.61. The Balaban J connectivity index is 2.22. The molecule has 0 amide bonds. The first-order valence-electron chi connectivity index (χ1n) is 5.89. The Bertz CT molecular complexity index is 499. The van der Waals surface area contributed by atoms with Gasteiger partial charge in [0.05, 0.1) is 22.2 Å². The average Bonchev–Trinajstić information content (AvgIpc) is 2.36. The first-order chi connectivity index (χ1) is 8.90. The molecule has 0 fully saturated rings. The minimum absolute atomic E-state index is 0.159. The number of alkyl halides is 3. The molecule has 2 N–H and O–H groups in total. The highest BCUT2D eigenvalue weighted by atomic mass is 32.2. The van der Waals surface area contributed by atoms with E-state index >= 15 is 0 Å². The highest BCUT2D eigenvalue weighted by Gasteiger charge is 2.31. The van der Waals surface area contributed by atoms with Gasteiger partial charge in [-0.15, -0.1) is 0 Å². The summed E-state index contributed by atoms with van der Waals surface area (Å²) in [5.74, 6) is 0.576. The van der Waals surface area contributed by atoms with Crippen molar-refractivity contribution in [3.05, 3.63) is 23.8 Å². The van der Waals surface area contributed by atoms with Crippen molar-refractivity contribution < 1.29 is 13.2 Å². The molecule has 0 saturated carbocycles. The number of anilines is 1. The van der Waals surface area contributed by atoms with Crippen molar-refractivity contribution in [2.45, 2.75) is 37.4 Å². The van der Waals surface area contributed by atoms with Crippen molar-refractivity contribution in [1.82, 2.24) is 4.72 Å². The maximum Gasteiger partial charge on any atom is 0.416 e. The first kappa shape index (κ1) is 14.0. The van der Waals surface area contributed by atoms with Crippen molar-refractivity contribution in [2.75, 3.05) is 5.32 Å². The molecule has 104 valence electrons. The smallest absolute Gasteiger partial charge is 0.325 e. The van der Waals surface area contributed by atoms with E-state index in [-0.39, 0.29) is 6.04 Å². The molecule has 1 heterocycles. The first-order valence-corrected chi connectivity index (χ1v) is 6.70. The predicted octanol–water partition coefficient (Wildman–Crippen LogP) is 3.88. The molecule has 7 heteroatoms. The summed E-state index contributed by atoms with van der Waals surface area (Å²) in [6.07, 6.45) is -3.42. The summed E-state index contributed by atoms with van der Waals surface area (Å²) in [5, 5.41) is 2.99. The molecule has 0 aliphatic carbocycles. The second kappa shape index (κ2) is 5.32. The van der Waals surface area contributed by atoms with E-state index < -0.39 is 11.7 Å². The van der Waals surface area contributed by atoms with Gasteiger partial charge in [-0.2, -0.15) is 13.2 Å². The van der Waals surface area contributed by atoms with Crippen LogP contribution in [0.25, 0.3) is 0 Å². The molecule has 1 aliphatic heterocycles. The van der Waals surface area contributed by atoms with E-state index in [1.54, 1.807) is 0 Å². The summed E-state index contributed by atoms with van der Waals surface area (Å²) >= 11 is 1.14. The van der Waals surface area contributed by atoms with Gasteiger partial charge in [0.15, 0.2) is 0 Å². The monoisotopic (exact) mass is 289 g/mol. The number of guanidine groups is 1. The molecule has 1 aliphatic rings. The van der Waals surface area contributed by atoms with Crippen molar-refractivity contribution in [2.24, 2.45) is 4.99 Å². The Morgan fingerprint density at radius 3 is 2.74 bits per heavy atom. The van der Waals surface area contributed by atoms with Crippen LogP contribution in [0.5, 0.6) is 0 Å². The van der Waals surface area contributed by atoms with Gasteiger partial charge in [0.25, 0.3) is 0 Å². The molecule has 1 aromatic rings. The molecule has 1 atom stereocenters. The maximum absolute atomic E-state index is 12.6. The van der Waals surface area contributed by atoms with E-state index in [4.69, 9.17) is 0 Å². The van der Waals surface area contributed by atoms with Crippen LogP contribution >= 0.6 is 11.9 Å². The second-order valence-electron chi connectivity index (χ2n) is 4.27. The minimum atomic E-state index is -4.32. The summed E-state index contributed by atoms with van der Waals surface area (Å²) in [5.41, 5.74) is -0.0107. The zero-order chi connectivity index (χ0) is 14.0. The van der Waals surface area contributed by atoms with Crippen LogP contribution in [0, 0.1) is 0 Å². The van der Waals surface area contributed by atoms with E-state index in [1.165, 1.54) is 6.07 Å². The zero-order valence-corrected chi connectivity index (χ0v) is 11.3. The van der Waals surface area contributed by atoms with Gasteiger partial charge in [-0.25, -0.2) is 4.99 Å². The molecule has 2 rings (SSSR count). The lowest BCUT2D eigenvalue weighted by atomic mass is 10.2. The van der Waals surface area contributed by atoms with Crippen molar-refractivity contribution in [1.29, 1.82) is 0 Å². The fourth-order valence-electron chi connectivity index (χ4n) is 1.51. The van der Waals surface area contributed by atoms with Crippen molar-refractivity contribution >= 4 is 23.6 Å². The highest BCUT2D eigenvalue weighted by molar-refractivity contribution is 7.98. The number of hydrogen-bond acceptors (Lipinski definition) is 2. The molecule has 0 bridgehead atoms. The summed E-state index contributed by atoms with van der Waals surface area (Å²) in [6, 6.07) is 3.78. The molecule has 1 unspecified atom stereocenters. The van der Waals surface area contributed by atoms with E-state index in [0.29, 0.717) is 16.5 Å². The van der Waals surface area contributed by atoms with Crippen LogP contribution in [0.1, 0.15) is 25.8 Å². The molecular weight excluding hydrogens is 275 g/mol. The summed E-state index contributed by atoms with van der Waals surface area (Å²) in [4.78, 5) is 4.89. The van der Waals surface area contributed by atoms with Gasteiger partial charge in [-0.05, 0) is 43.5 Å². The topological polar surface area (TPSA) is 36.4 Å². The van der Waals surface area contributed by atoms with Crippen LogP contribution in [0.3, 0.4) is 0 Å². The Kier molecular flexibility index (Phi) is 3.93. The van der Waals surface area contributed by atoms with Crippen LogP contribution in [0.15, 0.2) is 28.1 Å². The summed E-state index contributed by atoms with van der Waals surface area (Å²) in [7, 11) is 0. The molecule has 0 saturated heterocycles. The largest absolute Gasteiger partial charge is 0.416 e. The third-order valence-electron chi connectivity index (χ3n) is 2.76. The van der Waals surface area contributed by atoms with Gasteiger partial charge in [-0.1, -0.05) is 6.92 Å². The van der Waals surface area contributed by atoms with Crippen LogP contribution < -0.4 is 10.0 Å². The predicted molar refractivity (Wildman–Crippen MR) is 71.2 cm³/mol. The SMILES string of the molecule is CCC(C)N=C1NSc2cc(C(F)(F)F)ccc2N1. The van der Waals surface area contributed by atoms with Crippen molar-refractivity contribution in [3.63, 3.8) is 0 Å². The van der Waals surface area contributed by atoms with E-state index in [2.05, 4.69) is 15.0 Å². The van der Waals surface area contributed by atoms with Crippen LogP contribution in [-0.2, 0) is 6.18 Å². The summed E-state index contributed by atoms with van der Waals surface area (Å²) in [6.45, 7) is 4.00. The van der Waals surface area contributed by atoms with Gasteiger partial charge >= 0.3 is 6.18 Å². The van der Waals surface area contributed by atoms with Gasteiger partial charge in [0, 0.05) is 0 Å². The van der Waals surface area contributed by atoms with E-state index in [1.807, 2.05) is 13.8 Å². The fourth-order valence-corrected chi connectivity index (χ4v) is 2.24. The van der Waals surface area contributed by atoms with E-state index in [9.17, 15) is 13.2 Å². The molecule has 3 nitrogen and oxygen atoms in total. The zero-order valence-electron chi connectivity index (χ0n) is 10.5. The van der Waals surface area contributed by atoms with Crippen molar-refractivity contribution in [3.8, 4) is 0 Å². The second-order valence-corrected chi connectivity index (χ2v) is 5.12. The third kappa shape index (κ3) is 3.34. The quantitative estimate of drug-likeness (QED) is 0.811.